The van der Waals surface area contributed by atoms with Gasteiger partial charge in [0.05, 0.1) is 23.9 Å². The van der Waals surface area contributed by atoms with Crippen molar-refractivity contribution < 1.29 is 9.53 Å². The van der Waals surface area contributed by atoms with Crippen LogP contribution in [-0.2, 0) is 17.6 Å². The summed E-state index contributed by atoms with van der Waals surface area (Å²) in [5, 5.41) is 4.45. The van der Waals surface area contributed by atoms with Crippen LogP contribution in [0.15, 0.2) is 28.2 Å². The molecule has 2 N–H and O–H groups in total. The molecule has 9 heteroatoms. The highest BCUT2D eigenvalue weighted by Crippen LogP contribution is 2.36. The van der Waals surface area contributed by atoms with E-state index in [1.165, 1.54) is 23.7 Å². The van der Waals surface area contributed by atoms with Crippen molar-refractivity contribution >= 4 is 56.5 Å². The molecule has 1 aromatic carbocycles. The zero-order valence-corrected chi connectivity index (χ0v) is 18.4. The number of nitrogens with zero attached hydrogens (tertiary/aromatic N) is 1. The van der Waals surface area contributed by atoms with Gasteiger partial charge in [-0.3, -0.25) is 9.59 Å². The molecule has 1 aliphatic carbocycles. The lowest BCUT2D eigenvalue weighted by Crippen LogP contribution is -2.16. The Balaban J connectivity index is 1.49. The van der Waals surface area contributed by atoms with Crippen molar-refractivity contribution in [1.82, 2.24) is 9.97 Å². The third-order valence-electron chi connectivity index (χ3n) is 4.92. The van der Waals surface area contributed by atoms with Crippen LogP contribution in [0.4, 0.5) is 5.69 Å². The number of carbonyl (C=O) groups is 1. The van der Waals surface area contributed by atoms with E-state index in [4.69, 9.17) is 16.3 Å². The second kappa shape index (κ2) is 8.38. The van der Waals surface area contributed by atoms with E-state index in [2.05, 4.69) is 22.2 Å². The van der Waals surface area contributed by atoms with Crippen molar-refractivity contribution in [3.8, 4) is 5.75 Å². The molecule has 0 aliphatic heterocycles. The molecule has 4 rings (SSSR count). The Morgan fingerprint density at radius 1 is 1.48 bits per heavy atom. The summed E-state index contributed by atoms with van der Waals surface area (Å²) in [4.78, 5) is 34.4. The number of methoxy groups -OCH3 is 1. The largest absolute Gasteiger partial charge is 0.495 e. The van der Waals surface area contributed by atoms with Crippen LogP contribution in [0.5, 0.6) is 5.75 Å². The number of nitrogens with one attached hydrogen (secondary N) is 2. The molecule has 0 unspecified atom stereocenters. The van der Waals surface area contributed by atoms with Gasteiger partial charge in [-0.2, -0.15) is 0 Å². The second-order valence-corrected chi connectivity index (χ2v) is 9.57. The number of thiophene rings is 1. The zero-order chi connectivity index (χ0) is 20.5. The van der Waals surface area contributed by atoms with Crippen molar-refractivity contribution in [2.24, 2.45) is 5.92 Å². The molecule has 0 radical (unpaired) electrons. The van der Waals surface area contributed by atoms with E-state index in [-0.39, 0.29) is 17.2 Å². The molecular weight excluding hydrogens is 430 g/mol. The number of H-pyrrole nitrogens is 1. The lowest BCUT2D eigenvalue weighted by molar-refractivity contribution is -0.113. The minimum absolute atomic E-state index is 0.103. The van der Waals surface area contributed by atoms with Crippen LogP contribution in [0.2, 0.25) is 5.02 Å². The van der Waals surface area contributed by atoms with E-state index >= 15 is 0 Å². The van der Waals surface area contributed by atoms with Gasteiger partial charge < -0.3 is 15.0 Å². The number of hydrogen-bond acceptors (Lipinski definition) is 6. The van der Waals surface area contributed by atoms with Gasteiger partial charge in [-0.25, -0.2) is 4.98 Å². The number of anilines is 1. The van der Waals surface area contributed by atoms with Crippen molar-refractivity contribution in [2.75, 3.05) is 18.2 Å². The van der Waals surface area contributed by atoms with E-state index in [9.17, 15) is 9.59 Å². The van der Waals surface area contributed by atoms with E-state index in [0.29, 0.717) is 27.5 Å². The molecule has 2 heterocycles. The Hall–Kier alpha value is -2.03. The first kappa shape index (κ1) is 20.3. The Morgan fingerprint density at radius 2 is 2.31 bits per heavy atom. The average molecular weight is 450 g/mol. The molecule has 1 atom stereocenters. The maximum atomic E-state index is 12.6. The number of amides is 1. The minimum atomic E-state index is -0.238. The smallest absolute Gasteiger partial charge is 0.260 e. The molecule has 0 spiro atoms. The standard InChI is InChI=1S/C20H20ClN3O3S2/c1-10-3-5-12-15(7-10)29-19-17(12)18(26)23-20(24-19)28-9-16(25)22-13-8-11(21)4-6-14(13)27-2/h4,6,8,10H,3,5,7,9H2,1-2H3,(H,22,25)(H,23,24,26)/t10-/m1/s1. The minimum Gasteiger partial charge on any atom is -0.495 e. The molecular formula is C20H20ClN3O3S2. The number of aromatic nitrogens is 2. The molecule has 3 aromatic rings. The van der Waals surface area contributed by atoms with Crippen LogP contribution >= 0.6 is 34.7 Å². The van der Waals surface area contributed by atoms with Crippen LogP contribution < -0.4 is 15.6 Å². The highest BCUT2D eigenvalue weighted by atomic mass is 35.5. The maximum absolute atomic E-state index is 12.6. The highest BCUT2D eigenvalue weighted by Gasteiger charge is 2.23. The fourth-order valence-electron chi connectivity index (χ4n) is 3.50. The molecule has 1 amide bonds. The van der Waals surface area contributed by atoms with Gasteiger partial charge in [0.2, 0.25) is 5.91 Å². The summed E-state index contributed by atoms with van der Waals surface area (Å²) < 4.78 is 5.24. The summed E-state index contributed by atoms with van der Waals surface area (Å²) in [6.45, 7) is 2.24. The number of ether oxygens (including phenoxy) is 1. The summed E-state index contributed by atoms with van der Waals surface area (Å²) in [5.41, 5.74) is 1.53. The van der Waals surface area contributed by atoms with Crippen molar-refractivity contribution in [3.63, 3.8) is 0 Å². The first-order chi connectivity index (χ1) is 13.9. The molecule has 0 bridgehead atoms. The SMILES string of the molecule is COc1ccc(Cl)cc1NC(=O)CSc1nc2sc3c(c2c(=O)[nH]1)CC[C@@H](C)C3. The van der Waals surface area contributed by atoms with E-state index in [1.807, 2.05) is 0 Å². The molecule has 2 aromatic heterocycles. The zero-order valence-electron chi connectivity index (χ0n) is 16.0. The lowest BCUT2D eigenvalue weighted by Gasteiger charge is -2.17. The van der Waals surface area contributed by atoms with Gasteiger partial charge in [-0.15, -0.1) is 11.3 Å². The monoisotopic (exact) mass is 449 g/mol. The predicted molar refractivity (Wildman–Crippen MR) is 119 cm³/mol. The molecule has 6 nitrogen and oxygen atoms in total. The van der Waals surface area contributed by atoms with Gasteiger partial charge in [-0.1, -0.05) is 30.3 Å². The van der Waals surface area contributed by atoms with Crippen molar-refractivity contribution in [3.05, 3.63) is 44.0 Å². The Morgan fingerprint density at radius 3 is 3.10 bits per heavy atom. The first-order valence-electron chi connectivity index (χ1n) is 9.25. The second-order valence-electron chi connectivity index (χ2n) is 7.08. The highest BCUT2D eigenvalue weighted by molar-refractivity contribution is 7.99. The number of benzene rings is 1. The number of aromatic amines is 1. The first-order valence-corrected chi connectivity index (χ1v) is 11.4. The number of fused-ring (bicyclic) bond motifs is 3. The van der Waals surface area contributed by atoms with E-state index in [0.717, 1.165) is 35.0 Å². The van der Waals surface area contributed by atoms with Gasteiger partial charge in [0.25, 0.3) is 5.56 Å². The van der Waals surface area contributed by atoms with Crippen LogP contribution in [0.25, 0.3) is 10.2 Å². The van der Waals surface area contributed by atoms with E-state index in [1.54, 1.807) is 29.5 Å². The van der Waals surface area contributed by atoms with Crippen LogP contribution in [-0.4, -0.2) is 28.7 Å². The number of hydrogen-bond donors (Lipinski definition) is 2. The van der Waals surface area contributed by atoms with Crippen molar-refractivity contribution in [2.45, 2.75) is 31.3 Å². The normalized spacial score (nSPS) is 15.9. The van der Waals surface area contributed by atoms with Gasteiger partial charge in [0.1, 0.15) is 10.6 Å². The van der Waals surface area contributed by atoms with Gasteiger partial charge in [0.15, 0.2) is 5.16 Å². The number of aryl methyl sites for hydroxylation is 1. The summed E-state index contributed by atoms with van der Waals surface area (Å²) in [6, 6.07) is 5.01. The predicted octanol–water partition coefficient (Wildman–Crippen LogP) is 4.50. The molecule has 29 heavy (non-hydrogen) atoms. The van der Waals surface area contributed by atoms with Crippen LogP contribution in [0.3, 0.4) is 0 Å². The van der Waals surface area contributed by atoms with Gasteiger partial charge in [0, 0.05) is 9.90 Å². The van der Waals surface area contributed by atoms with Crippen molar-refractivity contribution in [1.29, 1.82) is 0 Å². The molecule has 0 fully saturated rings. The average Bonchev–Trinajstić information content (AvgIpc) is 3.04. The number of halogens is 1. The van der Waals surface area contributed by atoms with Crippen LogP contribution in [0, 0.1) is 5.92 Å². The maximum Gasteiger partial charge on any atom is 0.260 e. The fraction of sp³-hybridized carbons (Fsp3) is 0.350. The third-order valence-corrected chi connectivity index (χ3v) is 7.18. The van der Waals surface area contributed by atoms with E-state index < -0.39 is 0 Å². The third kappa shape index (κ3) is 4.29. The quantitative estimate of drug-likeness (QED) is 0.442. The summed E-state index contributed by atoms with van der Waals surface area (Å²) in [5.74, 6) is 1.03. The Kier molecular flexibility index (Phi) is 5.85. The molecule has 1 aliphatic rings. The molecule has 152 valence electrons. The summed E-state index contributed by atoms with van der Waals surface area (Å²) in [6.07, 6.45) is 3.03. The lowest BCUT2D eigenvalue weighted by atomic mass is 9.89. The molecule has 0 saturated heterocycles. The van der Waals surface area contributed by atoms with Crippen LogP contribution in [0.1, 0.15) is 23.8 Å². The topological polar surface area (TPSA) is 84.1 Å². The molecule has 0 saturated carbocycles. The Bertz CT molecular complexity index is 1140. The summed E-state index contributed by atoms with van der Waals surface area (Å²) in [7, 11) is 1.53. The Labute approximate surface area is 181 Å². The number of carbonyl (C=O) groups excluding carboxylic acids is 1. The fourth-order valence-corrected chi connectivity index (χ4v) is 5.77. The summed E-state index contributed by atoms with van der Waals surface area (Å²) >= 11 is 8.79. The number of rotatable bonds is 5. The number of thioether (sulfide) groups is 1. The van der Waals surface area contributed by atoms with Gasteiger partial charge >= 0.3 is 0 Å². The van der Waals surface area contributed by atoms with Gasteiger partial charge in [-0.05, 0) is 48.9 Å².